The molecule has 2 aromatic rings. The van der Waals surface area contributed by atoms with Gasteiger partial charge in [-0.2, -0.15) is 0 Å². The molecule has 2 aromatic carbocycles. The zero-order chi connectivity index (χ0) is 26.2. The van der Waals surface area contributed by atoms with Crippen LogP contribution in [0, 0.1) is 0 Å². The molecular weight excluding hydrogens is 507 g/mol. The maximum atomic E-state index is 4.80. The van der Waals surface area contributed by atoms with Gasteiger partial charge in [-0.3, -0.25) is 9.98 Å². The van der Waals surface area contributed by atoms with Crippen molar-refractivity contribution >= 4 is 23.3 Å². The van der Waals surface area contributed by atoms with E-state index < -0.39 is 0 Å². The Morgan fingerprint density at radius 1 is 0.553 bits per heavy atom. The monoisotopic (exact) mass is 560 g/mol. The fourth-order valence-corrected chi connectivity index (χ4v) is 4.77. The van der Waals surface area contributed by atoms with Gasteiger partial charge in [-0.05, 0) is 55.5 Å². The first-order valence-corrected chi connectivity index (χ1v) is 15.6. The average Bonchev–Trinajstić information content (AvgIpc) is 2.93. The van der Waals surface area contributed by atoms with Crippen molar-refractivity contribution in [3.05, 3.63) is 60.2 Å². The predicted molar refractivity (Wildman–Crippen MR) is 166 cm³/mol. The topological polar surface area (TPSA) is 24.7 Å². The maximum absolute atomic E-state index is 4.80. The second-order valence-corrected chi connectivity index (χ2v) is 10.7. The fraction of sp³-hybridized carbons (Fsp3) is 0.600. The van der Waals surface area contributed by atoms with Gasteiger partial charge in [-0.15, -0.1) is 0 Å². The molecule has 214 valence electrons. The summed E-state index contributed by atoms with van der Waals surface area (Å²) in [6.45, 7) is 4.51. The minimum Gasteiger partial charge on any atom is -0.255 e. The number of rotatable bonds is 22. The zero-order valence-corrected chi connectivity index (χ0v) is 25.4. The van der Waals surface area contributed by atoms with E-state index in [1.165, 1.54) is 108 Å². The van der Waals surface area contributed by atoms with Crippen LogP contribution in [0.1, 0.15) is 135 Å². The normalized spacial score (nSPS) is 11.7. The number of hydrogen-bond donors (Lipinski definition) is 0. The number of hydrogen-bond acceptors (Lipinski definition) is 2. The van der Waals surface area contributed by atoms with Gasteiger partial charge in [-0.25, -0.2) is 0 Å². The molecular formula is C35H54N2Ni. The molecule has 3 heteroatoms. The van der Waals surface area contributed by atoms with E-state index in [-0.39, 0.29) is 16.5 Å². The van der Waals surface area contributed by atoms with Crippen molar-refractivity contribution in [2.24, 2.45) is 9.98 Å². The Balaban J connectivity index is 0.00000722. The molecule has 0 N–H and O–H groups in total. The molecule has 0 aliphatic carbocycles. The molecule has 38 heavy (non-hydrogen) atoms. The number of unbranched alkanes of at least 4 members (excludes halogenated alkanes) is 15. The largest absolute Gasteiger partial charge is 0.255 e. The van der Waals surface area contributed by atoms with Crippen molar-refractivity contribution in [3.8, 4) is 0 Å². The fourth-order valence-electron chi connectivity index (χ4n) is 4.77. The molecule has 2 nitrogen and oxygen atoms in total. The Labute approximate surface area is 245 Å². The Morgan fingerprint density at radius 3 is 1.58 bits per heavy atom. The van der Waals surface area contributed by atoms with Crippen LogP contribution in [0.5, 0.6) is 0 Å². The molecule has 0 unspecified atom stereocenters. The molecule has 0 saturated heterocycles. The third kappa shape index (κ3) is 17.7. The van der Waals surface area contributed by atoms with Crippen LogP contribution in [0.3, 0.4) is 0 Å². The third-order valence-electron chi connectivity index (χ3n) is 7.18. The van der Waals surface area contributed by atoms with Crippen molar-refractivity contribution < 1.29 is 16.5 Å². The second kappa shape index (κ2) is 24.3. The van der Waals surface area contributed by atoms with Gasteiger partial charge >= 0.3 is 0 Å². The van der Waals surface area contributed by atoms with Crippen LogP contribution in [0.25, 0.3) is 0 Å². The first kappa shape index (κ1) is 34.3. The molecule has 0 aromatic heterocycles. The Hall–Kier alpha value is -1.73. The quantitative estimate of drug-likeness (QED) is 0.0776. The van der Waals surface area contributed by atoms with Crippen LogP contribution in [0.15, 0.2) is 64.6 Å². The van der Waals surface area contributed by atoms with Crippen molar-refractivity contribution in [1.29, 1.82) is 0 Å². The van der Waals surface area contributed by atoms with Gasteiger partial charge in [0.05, 0.1) is 17.1 Å². The van der Waals surface area contributed by atoms with E-state index in [4.69, 9.17) is 9.98 Å². The van der Waals surface area contributed by atoms with Gasteiger partial charge in [0.25, 0.3) is 0 Å². The average molecular weight is 562 g/mol. The van der Waals surface area contributed by atoms with Crippen LogP contribution >= 0.6 is 0 Å². The standard InChI is InChI=1S/C35H54N2.Ni/c1-3-5-7-8-9-10-11-12-13-14-15-16-17-18-20-23-32-27-29-33(30-28-32)36-31-35(24-6-4-2)37-34-25-21-19-22-26-34;/h19,21-22,25-31H,3-18,20,23-24H2,1-2H3;. The van der Waals surface area contributed by atoms with Crippen LogP contribution in [-0.2, 0) is 22.9 Å². The van der Waals surface area contributed by atoms with Gasteiger partial charge in [0, 0.05) is 22.7 Å². The minimum atomic E-state index is 0. The minimum absolute atomic E-state index is 0. The molecule has 0 heterocycles. The van der Waals surface area contributed by atoms with Crippen molar-refractivity contribution in [2.75, 3.05) is 0 Å². The van der Waals surface area contributed by atoms with Crippen molar-refractivity contribution in [3.63, 3.8) is 0 Å². The number of benzene rings is 2. The van der Waals surface area contributed by atoms with Gasteiger partial charge in [0.2, 0.25) is 0 Å². The predicted octanol–water partition coefficient (Wildman–Crippen LogP) is 11.8. The Kier molecular flexibility index (Phi) is 22.0. The summed E-state index contributed by atoms with van der Waals surface area (Å²) < 4.78 is 0. The van der Waals surface area contributed by atoms with Gasteiger partial charge in [0.1, 0.15) is 0 Å². The summed E-state index contributed by atoms with van der Waals surface area (Å²) in [5, 5.41) is 0. The van der Waals surface area contributed by atoms with E-state index in [2.05, 4.69) is 38.1 Å². The molecule has 0 spiro atoms. The molecule has 0 aliphatic rings. The SMILES string of the molecule is CCCCCCCCCCCCCCCCCc1ccc(N=CC(CCCC)=Nc2ccccc2)cc1.[Ni]. The molecule has 0 atom stereocenters. The van der Waals surface area contributed by atoms with E-state index in [0.29, 0.717) is 0 Å². The summed E-state index contributed by atoms with van der Waals surface area (Å²) in [7, 11) is 0. The zero-order valence-electron chi connectivity index (χ0n) is 24.4. The van der Waals surface area contributed by atoms with Gasteiger partial charge in [0.15, 0.2) is 0 Å². The van der Waals surface area contributed by atoms with Crippen LogP contribution in [0.2, 0.25) is 0 Å². The molecule has 0 saturated carbocycles. The van der Waals surface area contributed by atoms with Gasteiger partial charge in [-0.1, -0.05) is 140 Å². The van der Waals surface area contributed by atoms with E-state index in [9.17, 15) is 0 Å². The summed E-state index contributed by atoms with van der Waals surface area (Å²) in [5.41, 5.74) is 4.49. The summed E-state index contributed by atoms with van der Waals surface area (Å²) in [5.74, 6) is 0. The van der Waals surface area contributed by atoms with Crippen LogP contribution in [-0.4, -0.2) is 11.9 Å². The molecule has 2 rings (SSSR count). The maximum Gasteiger partial charge on any atom is 0.0633 e. The third-order valence-corrected chi connectivity index (χ3v) is 7.18. The Bertz CT molecular complexity index is 842. The molecule has 0 aliphatic heterocycles. The van der Waals surface area contributed by atoms with Crippen LogP contribution < -0.4 is 0 Å². The number of aliphatic imine (C=N–C) groups is 2. The first-order valence-electron chi connectivity index (χ1n) is 15.6. The molecule has 0 amide bonds. The molecule has 0 bridgehead atoms. The molecule has 0 fully saturated rings. The summed E-state index contributed by atoms with van der Waals surface area (Å²) in [4.78, 5) is 9.52. The van der Waals surface area contributed by atoms with E-state index in [1.807, 2.05) is 36.5 Å². The van der Waals surface area contributed by atoms with E-state index in [1.54, 1.807) is 0 Å². The van der Waals surface area contributed by atoms with Crippen molar-refractivity contribution in [1.82, 2.24) is 0 Å². The number of aryl methyl sites for hydroxylation is 1. The van der Waals surface area contributed by atoms with Crippen LogP contribution in [0.4, 0.5) is 11.4 Å². The van der Waals surface area contributed by atoms with E-state index >= 15 is 0 Å². The number of para-hydroxylation sites is 1. The second-order valence-electron chi connectivity index (χ2n) is 10.7. The van der Waals surface area contributed by atoms with E-state index in [0.717, 1.165) is 36.3 Å². The van der Waals surface area contributed by atoms with Crippen molar-refractivity contribution in [2.45, 2.75) is 136 Å². The summed E-state index contributed by atoms with van der Waals surface area (Å²) in [6, 6.07) is 19.0. The smallest absolute Gasteiger partial charge is 0.0633 e. The molecule has 0 radical (unpaired) electrons. The summed E-state index contributed by atoms with van der Waals surface area (Å²) >= 11 is 0. The summed E-state index contributed by atoms with van der Waals surface area (Å²) in [6.07, 6.45) is 27.7. The first-order chi connectivity index (χ1) is 18.3. The number of nitrogens with zero attached hydrogens (tertiary/aromatic N) is 2. The Morgan fingerprint density at radius 2 is 1.05 bits per heavy atom. The van der Waals surface area contributed by atoms with Gasteiger partial charge < -0.3 is 0 Å².